The van der Waals surface area contributed by atoms with Crippen LogP contribution in [0.3, 0.4) is 0 Å². The number of methoxy groups -OCH3 is 1. The lowest BCUT2D eigenvalue weighted by Crippen LogP contribution is -2.22. The van der Waals surface area contributed by atoms with Crippen molar-refractivity contribution in [3.05, 3.63) is 93.6 Å². The molecule has 2 heterocycles. The summed E-state index contributed by atoms with van der Waals surface area (Å²) in [7, 11) is 1.38. The molecule has 10 nitrogen and oxygen atoms in total. The van der Waals surface area contributed by atoms with Crippen LogP contribution in [0, 0.1) is 10.1 Å². The van der Waals surface area contributed by atoms with Gasteiger partial charge in [0.1, 0.15) is 17.2 Å². The molecule has 1 N–H and O–H groups in total. The maximum absolute atomic E-state index is 13.3. The van der Waals surface area contributed by atoms with Gasteiger partial charge in [-0.25, -0.2) is 9.78 Å². The maximum Gasteiger partial charge on any atom is 0.339 e. The molecule has 0 fully saturated rings. The number of fused-ring (bicyclic) bond motifs is 2. The molecule has 0 saturated heterocycles. The molecule has 4 aromatic rings. The van der Waals surface area contributed by atoms with Gasteiger partial charge in [-0.2, -0.15) is 0 Å². The van der Waals surface area contributed by atoms with E-state index in [1.54, 1.807) is 24.5 Å². The van der Waals surface area contributed by atoms with E-state index in [0.717, 1.165) is 11.1 Å². The predicted molar refractivity (Wildman–Crippen MR) is 135 cm³/mol. The first-order valence-electron chi connectivity index (χ1n) is 11.4. The Morgan fingerprint density at radius 3 is 2.76 bits per heavy atom. The van der Waals surface area contributed by atoms with Crippen LogP contribution in [0.4, 0.5) is 11.4 Å². The normalized spacial score (nSPS) is 13.4. The molecular weight excluding hydrogens is 478 g/mol. The number of aromatic nitrogens is 1. The van der Waals surface area contributed by atoms with Gasteiger partial charge in [0.25, 0.3) is 11.6 Å². The van der Waals surface area contributed by atoms with Crippen molar-refractivity contribution in [1.29, 1.82) is 0 Å². The quantitative estimate of drug-likeness (QED) is 0.213. The average Bonchev–Trinajstić information content (AvgIpc) is 3.56. The highest BCUT2D eigenvalue weighted by Crippen LogP contribution is 2.38. The molecule has 186 valence electrons. The van der Waals surface area contributed by atoms with Crippen LogP contribution >= 0.6 is 0 Å². The minimum Gasteiger partial charge on any atom is -0.496 e. The number of amides is 1. The number of esters is 1. The Bertz CT molecular complexity index is 1560. The van der Waals surface area contributed by atoms with Crippen molar-refractivity contribution in [2.75, 3.05) is 19.0 Å². The molecule has 0 unspecified atom stereocenters. The third-order valence-corrected chi connectivity index (χ3v) is 6.02. The molecule has 0 spiro atoms. The standard InChI is InChI=1S/C27H21N3O7/c1-35-17-9-11-22(23(14-17)30(33)34)28-24(31)15-37-27(32)25-19-6-2-3-7-21(19)29-26-16(8-10-20(25)26)13-18-5-4-12-36-18/h2-7,9,11-14H,8,10,15H2,1H3,(H,28,31). The molecule has 2 aromatic carbocycles. The SMILES string of the molecule is COc1ccc(NC(=O)COC(=O)c2c3c(nc4ccccc24)C(=Cc2ccco2)CC3)c([N+](=O)[O-])c1. The Morgan fingerprint density at radius 1 is 1.16 bits per heavy atom. The number of ether oxygens (including phenoxy) is 2. The van der Waals surface area contributed by atoms with E-state index >= 15 is 0 Å². The summed E-state index contributed by atoms with van der Waals surface area (Å²) in [5.74, 6) is -0.426. The number of pyridine rings is 1. The number of nitrogens with zero attached hydrogens (tertiary/aromatic N) is 2. The number of nitrogens with one attached hydrogen (secondary N) is 1. The molecular formula is C27H21N3O7. The summed E-state index contributed by atoms with van der Waals surface area (Å²) in [5.41, 5.74) is 2.98. The molecule has 0 atom stereocenters. The summed E-state index contributed by atoms with van der Waals surface area (Å²) < 4.78 is 15.8. The molecule has 0 radical (unpaired) electrons. The molecule has 10 heteroatoms. The monoisotopic (exact) mass is 499 g/mol. The van der Waals surface area contributed by atoms with Crippen LogP contribution in [-0.2, 0) is 16.0 Å². The number of nitro groups is 1. The van der Waals surface area contributed by atoms with Gasteiger partial charge in [-0.1, -0.05) is 18.2 Å². The van der Waals surface area contributed by atoms with Crippen LogP contribution in [0.5, 0.6) is 5.75 Å². The third kappa shape index (κ3) is 4.76. The van der Waals surface area contributed by atoms with Crippen molar-refractivity contribution in [3.8, 4) is 5.75 Å². The van der Waals surface area contributed by atoms with Crippen LogP contribution in [0.25, 0.3) is 22.6 Å². The number of para-hydroxylation sites is 1. The van der Waals surface area contributed by atoms with Crippen molar-refractivity contribution < 1.29 is 28.4 Å². The van der Waals surface area contributed by atoms with Crippen molar-refractivity contribution >= 4 is 45.8 Å². The lowest BCUT2D eigenvalue weighted by Gasteiger charge is -2.12. The molecule has 1 aliphatic rings. The number of nitro benzene ring substituents is 1. The second-order valence-corrected chi connectivity index (χ2v) is 8.28. The van der Waals surface area contributed by atoms with Gasteiger partial charge < -0.3 is 19.2 Å². The second-order valence-electron chi connectivity index (χ2n) is 8.28. The Kier molecular flexibility index (Phi) is 6.38. The van der Waals surface area contributed by atoms with Gasteiger partial charge in [-0.05, 0) is 60.4 Å². The van der Waals surface area contributed by atoms with E-state index in [1.165, 1.54) is 25.3 Å². The van der Waals surface area contributed by atoms with Gasteiger partial charge in [0, 0.05) is 5.39 Å². The Morgan fingerprint density at radius 2 is 2.00 bits per heavy atom. The van der Waals surface area contributed by atoms with E-state index in [0.29, 0.717) is 40.8 Å². The summed E-state index contributed by atoms with van der Waals surface area (Å²) in [4.78, 5) is 41.3. The summed E-state index contributed by atoms with van der Waals surface area (Å²) in [5, 5.41) is 14.4. The maximum atomic E-state index is 13.3. The number of allylic oxidation sites excluding steroid dienone is 1. The first-order valence-corrected chi connectivity index (χ1v) is 11.4. The van der Waals surface area contributed by atoms with E-state index in [-0.39, 0.29) is 17.1 Å². The number of carbonyl (C=O) groups excluding carboxylic acids is 2. The lowest BCUT2D eigenvalue weighted by molar-refractivity contribution is -0.384. The number of hydrogen-bond acceptors (Lipinski definition) is 8. The zero-order valence-corrected chi connectivity index (χ0v) is 19.7. The average molecular weight is 499 g/mol. The van der Waals surface area contributed by atoms with Gasteiger partial charge in [-0.3, -0.25) is 14.9 Å². The number of benzene rings is 2. The first kappa shape index (κ1) is 23.7. The van der Waals surface area contributed by atoms with Crippen LogP contribution in [-0.4, -0.2) is 35.5 Å². The fourth-order valence-electron chi connectivity index (χ4n) is 4.34. The molecule has 0 bridgehead atoms. The van der Waals surface area contributed by atoms with E-state index in [2.05, 4.69) is 5.32 Å². The van der Waals surface area contributed by atoms with E-state index < -0.39 is 23.4 Å². The molecule has 1 aliphatic carbocycles. The first-order chi connectivity index (χ1) is 17.9. The summed E-state index contributed by atoms with van der Waals surface area (Å²) >= 11 is 0. The van der Waals surface area contributed by atoms with Crippen molar-refractivity contribution in [1.82, 2.24) is 4.98 Å². The number of anilines is 1. The van der Waals surface area contributed by atoms with Crippen LogP contribution in [0.1, 0.15) is 33.8 Å². The number of carbonyl (C=O) groups is 2. The fraction of sp³-hybridized carbons (Fsp3) is 0.148. The van der Waals surface area contributed by atoms with Gasteiger partial charge in [0.05, 0.1) is 41.1 Å². The molecule has 0 saturated carbocycles. The second kappa shape index (κ2) is 9.94. The fourth-order valence-corrected chi connectivity index (χ4v) is 4.34. The number of hydrogen-bond donors (Lipinski definition) is 1. The van der Waals surface area contributed by atoms with Crippen molar-refractivity contribution in [3.63, 3.8) is 0 Å². The summed E-state index contributed by atoms with van der Waals surface area (Å²) in [6.07, 6.45) is 4.73. The topological polar surface area (TPSA) is 134 Å². The molecule has 5 rings (SSSR count). The highest BCUT2D eigenvalue weighted by molar-refractivity contribution is 6.08. The highest BCUT2D eigenvalue weighted by atomic mass is 16.6. The van der Waals surface area contributed by atoms with Crippen molar-refractivity contribution in [2.45, 2.75) is 12.8 Å². The molecule has 37 heavy (non-hydrogen) atoms. The third-order valence-electron chi connectivity index (χ3n) is 6.02. The lowest BCUT2D eigenvalue weighted by atomic mass is 10.0. The van der Waals surface area contributed by atoms with Crippen LogP contribution in [0.15, 0.2) is 65.3 Å². The summed E-state index contributed by atoms with van der Waals surface area (Å²) in [6.45, 7) is -0.622. The smallest absolute Gasteiger partial charge is 0.339 e. The highest BCUT2D eigenvalue weighted by Gasteiger charge is 2.28. The number of rotatable bonds is 7. The summed E-state index contributed by atoms with van der Waals surface area (Å²) in [6, 6.07) is 14.9. The molecule has 2 aromatic heterocycles. The van der Waals surface area contributed by atoms with Gasteiger partial charge in [0.15, 0.2) is 6.61 Å². The number of furan rings is 1. The largest absolute Gasteiger partial charge is 0.496 e. The van der Waals surface area contributed by atoms with E-state index in [4.69, 9.17) is 18.9 Å². The zero-order valence-electron chi connectivity index (χ0n) is 19.7. The molecule has 1 amide bonds. The minimum absolute atomic E-state index is 0.0326. The van der Waals surface area contributed by atoms with Crippen LogP contribution < -0.4 is 10.1 Å². The van der Waals surface area contributed by atoms with Gasteiger partial charge in [-0.15, -0.1) is 0 Å². The van der Waals surface area contributed by atoms with E-state index in [9.17, 15) is 19.7 Å². The van der Waals surface area contributed by atoms with Gasteiger partial charge in [0.2, 0.25) is 0 Å². The van der Waals surface area contributed by atoms with Crippen LogP contribution in [0.2, 0.25) is 0 Å². The predicted octanol–water partition coefficient (Wildman–Crippen LogP) is 5.03. The Balaban J connectivity index is 1.40. The zero-order chi connectivity index (χ0) is 25.9. The Hall–Kier alpha value is -4.99. The molecule has 0 aliphatic heterocycles. The Labute approximate surface area is 210 Å². The van der Waals surface area contributed by atoms with Crippen molar-refractivity contribution in [2.24, 2.45) is 0 Å². The van der Waals surface area contributed by atoms with E-state index in [1.807, 2.05) is 24.3 Å². The van der Waals surface area contributed by atoms with Gasteiger partial charge >= 0.3 is 5.97 Å². The minimum atomic E-state index is -0.713.